The van der Waals surface area contributed by atoms with Gasteiger partial charge in [0.1, 0.15) is 11.6 Å². The third-order valence-electron chi connectivity index (χ3n) is 10.1. The van der Waals surface area contributed by atoms with E-state index in [0.29, 0.717) is 30.0 Å². The van der Waals surface area contributed by atoms with Crippen molar-refractivity contribution in [2.24, 2.45) is 5.73 Å². The molecule has 3 amide bonds. The van der Waals surface area contributed by atoms with Crippen LogP contribution >= 0.6 is 0 Å². The van der Waals surface area contributed by atoms with Crippen LogP contribution < -0.4 is 5.73 Å². The highest BCUT2D eigenvalue weighted by molar-refractivity contribution is 5.94. The molecule has 12 nitrogen and oxygen atoms in total. The monoisotopic (exact) mass is 706 g/mol. The molecule has 2 saturated heterocycles. The van der Waals surface area contributed by atoms with Crippen LogP contribution in [0, 0.1) is 0 Å². The summed E-state index contributed by atoms with van der Waals surface area (Å²) in [5.74, 6) is 1.14. The Labute approximate surface area is 306 Å². The number of hydrogen-bond donors (Lipinski definition) is 3. The summed E-state index contributed by atoms with van der Waals surface area (Å²) >= 11 is 0. The van der Waals surface area contributed by atoms with Crippen molar-refractivity contribution in [1.29, 1.82) is 0 Å². The zero-order chi connectivity index (χ0) is 36.3. The van der Waals surface area contributed by atoms with E-state index in [-0.39, 0.29) is 23.9 Å². The fourth-order valence-corrected chi connectivity index (χ4v) is 7.41. The summed E-state index contributed by atoms with van der Waals surface area (Å²) < 4.78 is 5.29. The van der Waals surface area contributed by atoms with Crippen molar-refractivity contribution in [1.82, 2.24) is 34.7 Å². The van der Waals surface area contributed by atoms with Crippen LogP contribution in [0.3, 0.4) is 0 Å². The van der Waals surface area contributed by atoms with Crippen LogP contribution in [-0.2, 0) is 9.53 Å². The molecule has 2 aliphatic rings. The Bertz CT molecular complexity index is 2220. The lowest BCUT2D eigenvalue weighted by molar-refractivity contribution is -0.141. The van der Waals surface area contributed by atoms with Gasteiger partial charge in [-0.25, -0.2) is 14.8 Å². The van der Waals surface area contributed by atoms with Gasteiger partial charge in [0, 0.05) is 36.6 Å². The average Bonchev–Trinajstić information content (AvgIpc) is 4.04. The standard InChI is InChI=1S/C41H38N8O4/c42-41(52)53-36(30-6-2-1-3-7-30)40(51)49-23-5-9-35(49)38-45-25-33(47-38)29-16-12-27(13-17-29)26-10-14-28(15-11-26)32-24-44-37(46-32)34-8-4-22-48(34)39(50)31-18-20-43-21-19-31/h1-3,6-7,10-21,24-25,34-36H,4-5,8-9,22-23H2,(H2,42,52)(H,44,46)(H,45,47)/t34-,35-,36+/m0/s1. The van der Waals surface area contributed by atoms with Gasteiger partial charge in [-0.15, -0.1) is 0 Å². The highest BCUT2D eigenvalue weighted by atomic mass is 16.6. The maximum atomic E-state index is 13.7. The fourth-order valence-electron chi connectivity index (χ4n) is 7.41. The zero-order valence-corrected chi connectivity index (χ0v) is 28.9. The predicted molar refractivity (Wildman–Crippen MR) is 198 cm³/mol. The number of hydrogen-bond acceptors (Lipinski definition) is 7. The second-order valence-corrected chi connectivity index (χ2v) is 13.3. The first-order valence-electron chi connectivity index (χ1n) is 17.8. The summed E-state index contributed by atoms with van der Waals surface area (Å²) in [4.78, 5) is 62.4. The number of aromatic nitrogens is 5. The molecule has 266 valence electrons. The molecule has 0 saturated carbocycles. The molecule has 3 atom stereocenters. The first-order valence-corrected chi connectivity index (χ1v) is 17.8. The molecule has 2 aliphatic heterocycles. The van der Waals surface area contributed by atoms with Crippen molar-refractivity contribution >= 4 is 17.9 Å². The quantitative estimate of drug-likeness (QED) is 0.146. The Balaban J connectivity index is 0.934. The topological polar surface area (TPSA) is 163 Å². The first-order chi connectivity index (χ1) is 25.9. The Kier molecular flexibility index (Phi) is 9.24. The van der Waals surface area contributed by atoms with Gasteiger partial charge in [0.25, 0.3) is 11.8 Å². The number of nitrogens with one attached hydrogen (secondary N) is 2. The number of benzene rings is 3. The molecule has 6 aromatic rings. The molecule has 4 N–H and O–H groups in total. The van der Waals surface area contributed by atoms with Crippen LogP contribution in [0.15, 0.2) is 116 Å². The van der Waals surface area contributed by atoms with E-state index in [0.717, 1.165) is 65.1 Å². The molecule has 5 heterocycles. The summed E-state index contributed by atoms with van der Waals surface area (Å²) in [5, 5.41) is 0. The third kappa shape index (κ3) is 6.90. The van der Waals surface area contributed by atoms with Gasteiger partial charge in [0.2, 0.25) is 6.10 Å². The van der Waals surface area contributed by atoms with Gasteiger partial charge < -0.3 is 30.2 Å². The number of H-pyrrole nitrogens is 2. The van der Waals surface area contributed by atoms with Gasteiger partial charge in [0.15, 0.2) is 0 Å². The summed E-state index contributed by atoms with van der Waals surface area (Å²) in [7, 11) is 0. The van der Waals surface area contributed by atoms with Gasteiger partial charge in [-0.05, 0) is 60.1 Å². The van der Waals surface area contributed by atoms with Crippen molar-refractivity contribution in [2.45, 2.75) is 43.9 Å². The second kappa shape index (κ2) is 14.6. The van der Waals surface area contributed by atoms with Crippen molar-refractivity contribution in [3.05, 3.63) is 139 Å². The predicted octanol–water partition coefficient (Wildman–Crippen LogP) is 7.01. The molecular formula is C41H38N8O4. The number of pyridine rings is 1. The molecule has 8 rings (SSSR count). The fraction of sp³-hybridized carbons (Fsp3) is 0.220. The van der Waals surface area contributed by atoms with E-state index in [2.05, 4.69) is 61.3 Å². The van der Waals surface area contributed by atoms with Crippen LogP contribution in [0.4, 0.5) is 4.79 Å². The maximum absolute atomic E-state index is 13.7. The summed E-state index contributed by atoms with van der Waals surface area (Å²) in [6.45, 7) is 1.22. The second-order valence-electron chi connectivity index (χ2n) is 13.3. The van der Waals surface area contributed by atoms with E-state index in [1.807, 2.05) is 29.3 Å². The summed E-state index contributed by atoms with van der Waals surface area (Å²) in [5.41, 5.74) is 12.4. The molecule has 0 bridgehead atoms. The zero-order valence-electron chi connectivity index (χ0n) is 28.9. The highest BCUT2D eigenvalue weighted by Gasteiger charge is 2.38. The molecule has 3 aromatic heterocycles. The molecule has 0 aliphatic carbocycles. The number of carbonyl (C=O) groups excluding carboxylic acids is 3. The van der Waals surface area contributed by atoms with Crippen LogP contribution in [0.2, 0.25) is 0 Å². The number of primary amides is 1. The molecule has 2 fully saturated rings. The first kappa shape index (κ1) is 33.6. The highest BCUT2D eigenvalue weighted by Crippen LogP contribution is 2.36. The number of nitrogens with zero attached hydrogens (tertiary/aromatic N) is 5. The number of aromatic amines is 2. The number of nitrogens with two attached hydrogens (primary N) is 1. The SMILES string of the molecule is NC(=O)O[C@@H](C(=O)N1CCC[C@H]1c1ncc(-c2ccc(-c3ccc(-c4cnc([C@@H]5CCCN5C(=O)c5ccncc5)[nH]4)cc3)cc2)[nH]1)c1ccccc1. The molecule has 53 heavy (non-hydrogen) atoms. The van der Waals surface area contributed by atoms with Crippen molar-refractivity contribution in [2.75, 3.05) is 13.1 Å². The summed E-state index contributed by atoms with van der Waals surface area (Å²) in [6, 6.07) is 28.6. The van der Waals surface area contributed by atoms with Crippen LogP contribution in [0.5, 0.6) is 0 Å². The summed E-state index contributed by atoms with van der Waals surface area (Å²) in [6.07, 6.45) is 8.10. The van der Waals surface area contributed by atoms with E-state index in [4.69, 9.17) is 10.5 Å². The van der Waals surface area contributed by atoms with E-state index < -0.39 is 12.2 Å². The van der Waals surface area contributed by atoms with Crippen LogP contribution in [0.1, 0.15) is 71.4 Å². The normalized spacial score (nSPS) is 17.5. The molecule has 0 unspecified atom stereocenters. The number of imidazole rings is 2. The lowest BCUT2D eigenvalue weighted by atomic mass is 10.0. The Morgan fingerprint density at radius 2 is 1.19 bits per heavy atom. The molecule has 0 radical (unpaired) electrons. The van der Waals surface area contributed by atoms with E-state index >= 15 is 0 Å². The van der Waals surface area contributed by atoms with E-state index in [9.17, 15) is 14.4 Å². The largest absolute Gasteiger partial charge is 0.431 e. The van der Waals surface area contributed by atoms with Crippen LogP contribution in [-0.4, -0.2) is 65.7 Å². The van der Waals surface area contributed by atoms with Gasteiger partial charge in [-0.2, -0.15) is 0 Å². The minimum atomic E-state index is -1.12. The number of carbonyl (C=O) groups is 3. The van der Waals surface area contributed by atoms with Gasteiger partial charge >= 0.3 is 6.09 Å². The average molecular weight is 707 g/mol. The minimum Gasteiger partial charge on any atom is -0.431 e. The van der Waals surface area contributed by atoms with Gasteiger partial charge in [0.05, 0.1) is 35.9 Å². The lowest BCUT2D eigenvalue weighted by Gasteiger charge is -2.27. The lowest BCUT2D eigenvalue weighted by Crippen LogP contribution is -2.37. The number of likely N-dealkylation sites (tertiary alicyclic amines) is 2. The Hall–Kier alpha value is -6.56. The van der Waals surface area contributed by atoms with Crippen molar-refractivity contribution < 1.29 is 19.1 Å². The van der Waals surface area contributed by atoms with E-state index in [1.165, 1.54) is 0 Å². The molecule has 3 aromatic carbocycles. The van der Waals surface area contributed by atoms with Crippen LogP contribution in [0.25, 0.3) is 33.6 Å². The number of amides is 3. The number of ether oxygens (including phenoxy) is 1. The molecule has 0 spiro atoms. The minimum absolute atomic E-state index is 0.00499. The smallest absolute Gasteiger partial charge is 0.405 e. The Morgan fingerprint density at radius 1 is 0.679 bits per heavy atom. The maximum Gasteiger partial charge on any atom is 0.405 e. The van der Waals surface area contributed by atoms with Gasteiger partial charge in [-0.3, -0.25) is 14.6 Å². The van der Waals surface area contributed by atoms with E-state index in [1.54, 1.807) is 59.9 Å². The molecule has 12 heteroatoms. The Morgan fingerprint density at radius 3 is 1.74 bits per heavy atom. The number of rotatable bonds is 9. The van der Waals surface area contributed by atoms with Crippen molar-refractivity contribution in [3.63, 3.8) is 0 Å². The third-order valence-corrected chi connectivity index (χ3v) is 10.1. The van der Waals surface area contributed by atoms with Gasteiger partial charge in [-0.1, -0.05) is 78.9 Å². The molecular weight excluding hydrogens is 669 g/mol. The van der Waals surface area contributed by atoms with Crippen molar-refractivity contribution in [3.8, 4) is 33.6 Å².